The van der Waals surface area contributed by atoms with E-state index in [2.05, 4.69) is 15.1 Å². The molecule has 1 saturated heterocycles. The first-order valence-corrected chi connectivity index (χ1v) is 11.3. The van der Waals surface area contributed by atoms with Crippen LogP contribution in [0.4, 0.5) is 13.2 Å². The molecular weight excluding hydrogens is 459 g/mol. The van der Waals surface area contributed by atoms with E-state index in [9.17, 15) is 13.2 Å². The van der Waals surface area contributed by atoms with Gasteiger partial charge < -0.3 is 19.0 Å². The molecule has 2 aliphatic rings. The number of aryl methyl sites for hydroxylation is 1. The number of imidazole rings is 1. The van der Waals surface area contributed by atoms with Crippen molar-refractivity contribution < 1.29 is 22.7 Å². The van der Waals surface area contributed by atoms with E-state index in [0.29, 0.717) is 35.9 Å². The number of aromatic nitrogens is 3. The molecule has 0 saturated carbocycles. The monoisotopic (exact) mass is 483 g/mol. The summed E-state index contributed by atoms with van der Waals surface area (Å²) in [6, 6.07) is 5.47. The first kappa shape index (κ1) is 22.9. The second kappa shape index (κ2) is 9.44. The van der Waals surface area contributed by atoms with Gasteiger partial charge in [-0.2, -0.15) is 0 Å². The first-order valence-electron chi connectivity index (χ1n) is 11.3. The zero-order valence-electron chi connectivity index (χ0n) is 19.3. The highest BCUT2D eigenvalue weighted by molar-refractivity contribution is 6.02. The van der Waals surface area contributed by atoms with Crippen LogP contribution in [0.2, 0.25) is 0 Å². The van der Waals surface area contributed by atoms with Crippen molar-refractivity contribution in [3.63, 3.8) is 0 Å². The van der Waals surface area contributed by atoms with Gasteiger partial charge in [0, 0.05) is 24.7 Å². The van der Waals surface area contributed by atoms with Gasteiger partial charge in [0.2, 0.25) is 5.88 Å². The Bertz CT molecular complexity index is 1300. The van der Waals surface area contributed by atoms with Crippen molar-refractivity contribution in [2.75, 3.05) is 20.3 Å². The number of amidine groups is 1. The van der Waals surface area contributed by atoms with Crippen LogP contribution >= 0.6 is 0 Å². The van der Waals surface area contributed by atoms with Crippen molar-refractivity contribution in [3.05, 3.63) is 76.8 Å². The fourth-order valence-electron chi connectivity index (χ4n) is 4.54. The maximum atomic E-state index is 14.0. The molecule has 35 heavy (non-hydrogen) atoms. The van der Waals surface area contributed by atoms with Crippen LogP contribution in [-0.2, 0) is 4.84 Å². The maximum absolute atomic E-state index is 14.0. The molecule has 0 aliphatic carbocycles. The summed E-state index contributed by atoms with van der Waals surface area (Å²) in [5.41, 5.74) is 3.53. The van der Waals surface area contributed by atoms with E-state index in [-0.39, 0.29) is 6.61 Å². The second-order valence-corrected chi connectivity index (χ2v) is 8.50. The minimum atomic E-state index is -1.47. The van der Waals surface area contributed by atoms with Gasteiger partial charge in [0.25, 0.3) is 0 Å². The Labute approximate surface area is 200 Å². The largest absolute Gasteiger partial charge is 0.479 e. The SMILES string of the molecule is COc1nc(C=C2CCCN3C2=NOCCC3c2cc(F)c(F)c(F)c2)ccc1-n1cnc(C)c1. The molecule has 1 atom stereocenters. The highest BCUT2D eigenvalue weighted by Crippen LogP contribution is 2.35. The Morgan fingerprint density at radius 3 is 2.69 bits per heavy atom. The quantitative estimate of drug-likeness (QED) is 0.491. The third-order valence-corrected chi connectivity index (χ3v) is 6.17. The molecule has 2 aliphatic heterocycles. The normalized spacial score (nSPS) is 19.1. The summed E-state index contributed by atoms with van der Waals surface area (Å²) in [6.07, 6.45) is 7.48. The number of benzene rings is 1. The van der Waals surface area contributed by atoms with Crippen LogP contribution in [0.1, 0.15) is 42.3 Å². The number of halogens is 3. The van der Waals surface area contributed by atoms with E-state index in [1.807, 2.05) is 40.8 Å². The van der Waals surface area contributed by atoms with Crippen molar-refractivity contribution in [3.8, 4) is 11.6 Å². The number of pyridine rings is 1. The highest BCUT2D eigenvalue weighted by Gasteiger charge is 2.32. The van der Waals surface area contributed by atoms with E-state index >= 15 is 0 Å². The fourth-order valence-corrected chi connectivity index (χ4v) is 4.54. The summed E-state index contributed by atoms with van der Waals surface area (Å²) in [7, 11) is 1.56. The molecule has 7 nitrogen and oxygen atoms in total. The van der Waals surface area contributed by atoms with E-state index in [1.165, 1.54) is 0 Å². The van der Waals surface area contributed by atoms with Gasteiger partial charge in [-0.1, -0.05) is 5.16 Å². The van der Waals surface area contributed by atoms with E-state index in [1.54, 1.807) is 13.4 Å². The topological polar surface area (TPSA) is 64.8 Å². The van der Waals surface area contributed by atoms with Crippen molar-refractivity contribution in [2.45, 2.75) is 32.2 Å². The summed E-state index contributed by atoms with van der Waals surface area (Å²) in [6.45, 7) is 2.80. The predicted molar refractivity (Wildman–Crippen MR) is 124 cm³/mol. The average molecular weight is 483 g/mol. The number of hydrogen-bond donors (Lipinski definition) is 0. The number of piperidine rings is 1. The van der Waals surface area contributed by atoms with E-state index in [0.717, 1.165) is 41.9 Å². The number of hydrogen-bond acceptors (Lipinski definition) is 6. The number of fused-ring (bicyclic) bond motifs is 1. The summed E-state index contributed by atoms with van der Waals surface area (Å²) >= 11 is 0. The predicted octanol–water partition coefficient (Wildman–Crippen LogP) is 4.96. The smallest absolute Gasteiger partial charge is 0.238 e. The second-order valence-electron chi connectivity index (χ2n) is 8.50. The number of nitrogens with zero attached hydrogens (tertiary/aromatic N) is 5. The van der Waals surface area contributed by atoms with Gasteiger partial charge in [-0.25, -0.2) is 23.1 Å². The van der Waals surface area contributed by atoms with Gasteiger partial charge in [-0.15, -0.1) is 0 Å². The van der Waals surface area contributed by atoms with Crippen molar-refractivity contribution in [1.29, 1.82) is 0 Å². The molecule has 5 rings (SSSR count). The zero-order chi connectivity index (χ0) is 24.5. The molecule has 1 unspecified atom stereocenters. The Hall–Kier alpha value is -3.82. The van der Waals surface area contributed by atoms with E-state index < -0.39 is 23.5 Å². The lowest BCUT2D eigenvalue weighted by Crippen LogP contribution is -2.39. The maximum Gasteiger partial charge on any atom is 0.238 e. The molecule has 0 bridgehead atoms. The fraction of sp³-hybridized carbons (Fsp3) is 0.320. The minimum absolute atomic E-state index is 0.268. The molecule has 3 aromatic rings. The molecule has 0 radical (unpaired) electrons. The highest BCUT2D eigenvalue weighted by atomic mass is 19.2. The van der Waals surface area contributed by atoms with Crippen LogP contribution in [0.3, 0.4) is 0 Å². The van der Waals surface area contributed by atoms with Crippen LogP contribution < -0.4 is 4.74 Å². The van der Waals surface area contributed by atoms with Crippen molar-refractivity contribution in [1.82, 2.24) is 19.4 Å². The van der Waals surface area contributed by atoms with Crippen LogP contribution in [0.5, 0.6) is 5.88 Å². The number of oxime groups is 1. The summed E-state index contributed by atoms with van der Waals surface area (Å²) in [5, 5.41) is 4.31. The first-order chi connectivity index (χ1) is 16.9. The third kappa shape index (κ3) is 4.48. The van der Waals surface area contributed by atoms with Crippen molar-refractivity contribution in [2.24, 2.45) is 5.16 Å². The summed E-state index contributed by atoms with van der Waals surface area (Å²) in [4.78, 5) is 16.3. The van der Waals surface area contributed by atoms with Gasteiger partial charge in [-0.05, 0) is 55.7 Å². The number of rotatable bonds is 4. The standard InChI is InChI=1S/C25H24F3N5O2/c1-15-13-32(14-29-15)22-6-5-18(30-25(22)34-2)10-16-4-3-8-33-21(7-9-35-31-24(16)33)17-11-19(26)23(28)20(27)12-17/h5-6,10-14,21H,3-4,7-9H2,1-2H3. The Kier molecular flexibility index (Phi) is 6.19. The number of ether oxygens (including phenoxy) is 1. The molecular formula is C25H24F3N5O2. The molecule has 0 N–H and O–H groups in total. The lowest BCUT2D eigenvalue weighted by Gasteiger charge is -2.36. The molecule has 182 valence electrons. The van der Waals surface area contributed by atoms with E-state index in [4.69, 9.17) is 9.57 Å². The Morgan fingerprint density at radius 2 is 1.97 bits per heavy atom. The van der Waals surface area contributed by atoms with Crippen LogP contribution in [0.25, 0.3) is 11.8 Å². The third-order valence-electron chi connectivity index (χ3n) is 6.17. The minimum Gasteiger partial charge on any atom is -0.479 e. The molecule has 1 aromatic carbocycles. The molecule has 4 heterocycles. The molecule has 1 fully saturated rings. The van der Waals surface area contributed by atoms with Gasteiger partial charge in [0.15, 0.2) is 23.3 Å². The Morgan fingerprint density at radius 1 is 1.17 bits per heavy atom. The average Bonchev–Trinajstić information content (AvgIpc) is 3.16. The lowest BCUT2D eigenvalue weighted by molar-refractivity contribution is 0.140. The number of methoxy groups -OCH3 is 1. The van der Waals surface area contributed by atoms with Crippen LogP contribution in [-0.4, -0.2) is 45.5 Å². The summed E-state index contributed by atoms with van der Waals surface area (Å²) < 4.78 is 48.9. The molecule has 0 amide bonds. The van der Waals surface area contributed by atoms with Gasteiger partial charge in [0.05, 0.1) is 30.9 Å². The van der Waals surface area contributed by atoms with Crippen LogP contribution in [0, 0.1) is 24.4 Å². The van der Waals surface area contributed by atoms with Gasteiger partial charge >= 0.3 is 0 Å². The zero-order valence-corrected chi connectivity index (χ0v) is 19.3. The van der Waals surface area contributed by atoms with Crippen LogP contribution in [0.15, 0.2) is 47.5 Å². The molecule has 10 heteroatoms. The van der Waals surface area contributed by atoms with Gasteiger partial charge in [-0.3, -0.25) is 0 Å². The molecule has 0 spiro atoms. The Balaban J connectivity index is 1.48. The van der Waals surface area contributed by atoms with Crippen molar-refractivity contribution >= 4 is 11.9 Å². The summed E-state index contributed by atoms with van der Waals surface area (Å²) in [5.74, 6) is -2.86. The van der Waals surface area contributed by atoms with Gasteiger partial charge in [0.1, 0.15) is 12.3 Å². The lowest BCUT2D eigenvalue weighted by atomic mass is 9.95. The molecule has 2 aromatic heterocycles.